The minimum Gasteiger partial charge on any atom is -0.370 e. The fraction of sp³-hybridized carbons (Fsp3) is 0.375. The molecule has 2 saturated heterocycles. The van der Waals surface area contributed by atoms with Crippen molar-refractivity contribution >= 4 is 17.9 Å². The van der Waals surface area contributed by atoms with E-state index in [0.717, 1.165) is 31.2 Å². The van der Waals surface area contributed by atoms with Gasteiger partial charge in [0.1, 0.15) is 5.69 Å². The number of pyridine rings is 1. The number of nitrogens with one attached hydrogen (secondary N) is 1. The van der Waals surface area contributed by atoms with Crippen LogP contribution in [0, 0.1) is 0 Å². The molecule has 1 aromatic heterocycles. The Morgan fingerprint density at radius 3 is 2.60 bits per heavy atom. The molecular formula is C24H27N3O3. The summed E-state index contributed by atoms with van der Waals surface area (Å²) in [6, 6.07) is 15.1. The van der Waals surface area contributed by atoms with Crippen LogP contribution in [0.2, 0.25) is 0 Å². The van der Waals surface area contributed by atoms with Gasteiger partial charge in [0.25, 0.3) is 5.91 Å². The van der Waals surface area contributed by atoms with Crippen LogP contribution in [0.25, 0.3) is 6.08 Å². The van der Waals surface area contributed by atoms with Gasteiger partial charge in [0.15, 0.2) is 0 Å². The molecule has 156 valence electrons. The first kappa shape index (κ1) is 20.3. The summed E-state index contributed by atoms with van der Waals surface area (Å²) in [6.07, 6.45) is 8.70. The summed E-state index contributed by atoms with van der Waals surface area (Å²) >= 11 is 0. The van der Waals surface area contributed by atoms with Gasteiger partial charge < -0.3 is 15.0 Å². The van der Waals surface area contributed by atoms with Crippen molar-refractivity contribution in [3.05, 3.63) is 72.1 Å². The lowest BCUT2D eigenvalue weighted by atomic mass is 9.88. The number of rotatable bonds is 5. The third-order valence-corrected chi connectivity index (χ3v) is 5.93. The molecule has 2 aromatic rings. The molecule has 1 spiro atoms. The van der Waals surface area contributed by atoms with Gasteiger partial charge >= 0.3 is 0 Å². The van der Waals surface area contributed by atoms with Crippen LogP contribution in [0.3, 0.4) is 0 Å². The monoisotopic (exact) mass is 405 g/mol. The molecule has 0 radical (unpaired) electrons. The molecule has 0 unspecified atom stereocenters. The molecule has 1 N–H and O–H groups in total. The van der Waals surface area contributed by atoms with Crippen molar-refractivity contribution in [1.82, 2.24) is 15.2 Å². The molecule has 2 aliphatic heterocycles. The summed E-state index contributed by atoms with van der Waals surface area (Å²) in [7, 11) is 0. The van der Waals surface area contributed by atoms with Crippen molar-refractivity contribution in [2.24, 2.45) is 0 Å². The summed E-state index contributed by atoms with van der Waals surface area (Å²) in [5, 5.41) is 2.92. The van der Waals surface area contributed by atoms with Gasteiger partial charge in [-0.1, -0.05) is 36.4 Å². The number of carbonyl (C=O) groups is 2. The van der Waals surface area contributed by atoms with Crippen LogP contribution >= 0.6 is 0 Å². The van der Waals surface area contributed by atoms with E-state index in [9.17, 15) is 9.59 Å². The number of ether oxygens (including phenoxy) is 1. The van der Waals surface area contributed by atoms with Crippen LogP contribution in [0.4, 0.5) is 0 Å². The second-order valence-corrected chi connectivity index (χ2v) is 7.96. The number of piperidine rings is 1. The number of hydrogen-bond donors (Lipinski definition) is 1. The third kappa shape index (κ3) is 4.94. The topological polar surface area (TPSA) is 71.5 Å². The van der Waals surface area contributed by atoms with Gasteiger partial charge in [0.05, 0.1) is 11.7 Å². The molecule has 2 fully saturated rings. The number of carbonyl (C=O) groups excluding carboxylic acids is 2. The molecule has 0 bridgehead atoms. The van der Waals surface area contributed by atoms with E-state index in [1.54, 1.807) is 30.5 Å². The molecule has 30 heavy (non-hydrogen) atoms. The highest BCUT2D eigenvalue weighted by molar-refractivity contribution is 5.92. The summed E-state index contributed by atoms with van der Waals surface area (Å²) in [5.74, 6) is -0.128. The van der Waals surface area contributed by atoms with Crippen molar-refractivity contribution in [3.63, 3.8) is 0 Å². The minimum absolute atomic E-state index is 0.0119. The fourth-order valence-corrected chi connectivity index (χ4v) is 4.17. The first-order valence-corrected chi connectivity index (χ1v) is 10.5. The first-order valence-electron chi connectivity index (χ1n) is 10.5. The summed E-state index contributed by atoms with van der Waals surface area (Å²) in [5.41, 5.74) is 1.27. The Morgan fingerprint density at radius 1 is 1.10 bits per heavy atom. The smallest absolute Gasteiger partial charge is 0.269 e. The Labute approximate surface area is 176 Å². The van der Waals surface area contributed by atoms with Gasteiger partial charge in [-0.25, -0.2) is 0 Å². The Hall–Kier alpha value is -2.99. The van der Waals surface area contributed by atoms with E-state index in [1.807, 2.05) is 41.3 Å². The standard InChI is InChI=1S/C24H27N3O3/c28-22(10-9-19-6-2-1-3-7-19)27-16-13-24(14-17-27)12-11-20(30-24)18-26-23(29)21-8-4-5-15-25-21/h1-10,15,20H,11-14,16-18H2,(H,26,29)/b10-9+/t20-/m0/s1. The molecular weight excluding hydrogens is 378 g/mol. The lowest BCUT2D eigenvalue weighted by molar-refractivity contribution is -0.132. The van der Waals surface area contributed by atoms with E-state index in [1.165, 1.54) is 0 Å². The van der Waals surface area contributed by atoms with Gasteiger partial charge in [-0.2, -0.15) is 0 Å². The molecule has 2 amide bonds. The summed E-state index contributed by atoms with van der Waals surface area (Å²) < 4.78 is 6.34. The van der Waals surface area contributed by atoms with Gasteiger partial charge in [-0.3, -0.25) is 14.6 Å². The Balaban J connectivity index is 1.23. The third-order valence-electron chi connectivity index (χ3n) is 5.93. The van der Waals surface area contributed by atoms with Crippen molar-refractivity contribution < 1.29 is 14.3 Å². The second-order valence-electron chi connectivity index (χ2n) is 7.96. The average Bonchev–Trinajstić information content (AvgIpc) is 3.20. The van der Waals surface area contributed by atoms with Crippen LogP contribution in [0.1, 0.15) is 41.7 Å². The van der Waals surface area contributed by atoms with Crippen LogP contribution in [-0.2, 0) is 9.53 Å². The average molecular weight is 405 g/mol. The number of nitrogens with zero attached hydrogens (tertiary/aromatic N) is 2. The highest BCUT2D eigenvalue weighted by Crippen LogP contribution is 2.38. The maximum Gasteiger partial charge on any atom is 0.269 e. The summed E-state index contributed by atoms with van der Waals surface area (Å²) in [4.78, 5) is 30.6. The number of aromatic nitrogens is 1. The van der Waals surface area contributed by atoms with Crippen LogP contribution in [0.15, 0.2) is 60.8 Å². The van der Waals surface area contributed by atoms with Gasteiger partial charge in [0, 0.05) is 31.9 Å². The van der Waals surface area contributed by atoms with E-state index >= 15 is 0 Å². The largest absolute Gasteiger partial charge is 0.370 e. The number of hydrogen-bond acceptors (Lipinski definition) is 4. The van der Waals surface area contributed by atoms with Gasteiger partial charge in [0.2, 0.25) is 5.91 Å². The van der Waals surface area contributed by atoms with Crippen LogP contribution < -0.4 is 5.32 Å². The Kier molecular flexibility index (Phi) is 6.23. The van der Waals surface area contributed by atoms with E-state index in [2.05, 4.69) is 10.3 Å². The lowest BCUT2D eigenvalue weighted by Gasteiger charge is -2.38. The molecule has 0 saturated carbocycles. The molecule has 4 rings (SSSR count). The molecule has 1 aromatic carbocycles. The molecule has 6 heteroatoms. The van der Waals surface area contributed by atoms with Crippen LogP contribution in [0.5, 0.6) is 0 Å². The van der Waals surface area contributed by atoms with Crippen molar-refractivity contribution in [2.75, 3.05) is 19.6 Å². The molecule has 3 heterocycles. The maximum atomic E-state index is 12.5. The molecule has 6 nitrogen and oxygen atoms in total. The molecule has 1 atom stereocenters. The maximum absolute atomic E-state index is 12.5. The van der Waals surface area contributed by atoms with E-state index < -0.39 is 0 Å². The number of benzene rings is 1. The zero-order valence-corrected chi connectivity index (χ0v) is 17.0. The number of likely N-dealkylation sites (tertiary alicyclic amines) is 1. The zero-order valence-electron chi connectivity index (χ0n) is 17.0. The molecule has 2 aliphatic rings. The second kappa shape index (κ2) is 9.22. The lowest BCUT2D eigenvalue weighted by Crippen LogP contribution is -2.46. The highest BCUT2D eigenvalue weighted by Gasteiger charge is 2.42. The van der Waals surface area contributed by atoms with Crippen LogP contribution in [-0.4, -0.2) is 53.0 Å². The van der Waals surface area contributed by atoms with Crippen molar-refractivity contribution in [3.8, 4) is 0 Å². The fourth-order valence-electron chi connectivity index (χ4n) is 4.17. The van der Waals surface area contributed by atoms with E-state index in [-0.39, 0.29) is 23.5 Å². The Bertz CT molecular complexity index is 890. The SMILES string of the molecule is O=C(NC[C@@H]1CCC2(CCN(C(=O)/C=C/c3ccccc3)CC2)O1)c1ccccn1. The molecule has 0 aliphatic carbocycles. The normalized spacial score (nSPS) is 20.5. The Morgan fingerprint density at radius 2 is 1.87 bits per heavy atom. The van der Waals surface area contributed by atoms with Crippen molar-refractivity contribution in [1.29, 1.82) is 0 Å². The number of amides is 2. The zero-order chi connectivity index (χ0) is 20.8. The minimum atomic E-state index is -0.175. The summed E-state index contributed by atoms with van der Waals surface area (Å²) in [6.45, 7) is 1.88. The van der Waals surface area contributed by atoms with Gasteiger partial charge in [-0.15, -0.1) is 0 Å². The highest BCUT2D eigenvalue weighted by atomic mass is 16.5. The quantitative estimate of drug-likeness (QED) is 0.776. The van der Waals surface area contributed by atoms with Crippen molar-refractivity contribution in [2.45, 2.75) is 37.4 Å². The first-order chi connectivity index (χ1) is 14.6. The van der Waals surface area contributed by atoms with E-state index in [4.69, 9.17) is 4.74 Å². The van der Waals surface area contributed by atoms with Gasteiger partial charge in [-0.05, 0) is 49.5 Å². The predicted octanol–water partition coefficient (Wildman–Crippen LogP) is 3.07. The van der Waals surface area contributed by atoms with E-state index in [0.29, 0.717) is 25.3 Å². The predicted molar refractivity (Wildman–Crippen MR) is 115 cm³/mol.